The van der Waals surface area contributed by atoms with Crippen LogP contribution in [0.1, 0.15) is 45.5 Å². The maximum Gasteiger partial charge on any atom is 0.255 e. The minimum Gasteiger partial charge on any atom is -0.511 e. The average molecular weight is 595 g/mol. The third-order valence-electron chi connectivity index (χ3n) is 9.30. The molecule has 3 aromatic carbocycles. The SMILES string of the molecule is Cc1ccc(CNCCc2ccccc2)cc1-c1ccc(O)c2c1C[C@H]1C[C@H]3CC(O)=C(C(N)=O)C(=O)[C@@]3(O)C(O)=C1C2=O. The first-order valence-corrected chi connectivity index (χ1v) is 14.7. The van der Waals surface area contributed by atoms with E-state index in [-0.39, 0.29) is 36.1 Å². The predicted octanol–water partition coefficient (Wildman–Crippen LogP) is 3.89. The second-order valence-corrected chi connectivity index (χ2v) is 12.0. The summed E-state index contributed by atoms with van der Waals surface area (Å²) >= 11 is 0. The van der Waals surface area contributed by atoms with Gasteiger partial charge < -0.3 is 31.5 Å². The Bertz CT molecular complexity index is 1770. The molecule has 0 saturated heterocycles. The first kappa shape index (κ1) is 29.3. The van der Waals surface area contributed by atoms with Crippen molar-refractivity contribution in [2.24, 2.45) is 17.6 Å². The van der Waals surface area contributed by atoms with Crippen LogP contribution >= 0.6 is 0 Å². The number of rotatable bonds is 7. The number of primary amides is 1. The monoisotopic (exact) mass is 594 g/mol. The summed E-state index contributed by atoms with van der Waals surface area (Å²) in [4.78, 5) is 39.0. The second-order valence-electron chi connectivity index (χ2n) is 12.0. The molecule has 0 radical (unpaired) electrons. The number of amides is 1. The van der Waals surface area contributed by atoms with Crippen LogP contribution in [0.25, 0.3) is 11.1 Å². The number of Topliss-reactive ketones (excluding diaryl/α,β-unsaturated/α-hetero) is 2. The Kier molecular flexibility index (Phi) is 7.39. The third-order valence-corrected chi connectivity index (χ3v) is 9.30. The number of benzene rings is 3. The second kappa shape index (κ2) is 11.1. The van der Waals surface area contributed by atoms with Gasteiger partial charge in [-0.1, -0.05) is 48.5 Å². The zero-order valence-corrected chi connectivity index (χ0v) is 24.3. The van der Waals surface area contributed by atoms with Gasteiger partial charge in [-0.2, -0.15) is 0 Å². The van der Waals surface area contributed by atoms with Gasteiger partial charge in [-0.15, -0.1) is 0 Å². The van der Waals surface area contributed by atoms with Gasteiger partial charge in [0, 0.05) is 24.5 Å². The quantitative estimate of drug-likeness (QED) is 0.177. The minimum atomic E-state index is -2.58. The highest BCUT2D eigenvalue weighted by Crippen LogP contribution is 2.52. The largest absolute Gasteiger partial charge is 0.511 e. The average Bonchev–Trinajstić information content (AvgIpc) is 2.98. The van der Waals surface area contributed by atoms with Crippen LogP contribution in [0.2, 0.25) is 0 Å². The molecule has 0 aromatic heterocycles. The van der Waals surface area contributed by atoms with Gasteiger partial charge in [0.25, 0.3) is 5.91 Å². The number of hydrogen-bond donors (Lipinski definition) is 6. The van der Waals surface area contributed by atoms with Crippen LogP contribution in [0.4, 0.5) is 0 Å². The van der Waals surface area contributed by atoms with Crippen LogP contribution in [-0.2, 0) is 29.0 Å². The van der Waals surface area contributed by atoms with Crippen LogP contribution < -0.4 is 11.1 Å². The highest BCUT2D eigenvalue weighted by Gasteiger charge is 2.59. The van der Waals surface area contributed by atoms with E-state index in [1.165, 1.54) is 11.6 Å². The van der Waals surface area contributed by atoms with E-state index in [2.05, 4.69) is 23.5 Å². The van der Waals surface area contributed by atoms with Crippen molar-refractivity contribution in [3.8, 4) is 16.9 Å². The number of aliphatic hydroxyl groups is 3. The van der Waals surface area contributed by atoms with E-state index in [1.54, 1.807) is 6.07 Å². The normalized spacial score (nSPS) is 22.9. The number of carbonyl (C=O) groups is 3. The van der Waals surface area contributed by atoms with Crippen molar-refractivity contribution in [2.75, 3.05) is 6.54 Å². The summed E-state index contributed by atoms with van der Waals surface area (Å²) in [5.41, 5.74) is 7.31. The van der Waals surface area contributed by atoms with E-state index in [0.29, 0.717) is 12.1 Å². The summed E-state index contributed by atoms with van der Waals surface area (Å²) < 4.78 is 0. The molecule has 0 aliphatic heterocycles. The van der Waals surface area contributed by atoms with E-state index in [1.807, 2.05) is 37.3 Å². The Labute approximate surface area is 254 Å². The Morgan fingerprint density at radius 2 is 1.73 bits per heavy atom. The molecule has 44 heavy (non-hydrogen) atoms. The number of carbonyl (C=O) groups excluding carboxylic acids is 3. The topological polar surface area (TPSA) is 170 Å². The van der Waals surface area contributed by atoms with Crippen LogP contribution in [0, 0.1) is 18.8 Å². The number of phenolic OH excluding ortho intramolecular Hbond substituents is 1. The molecular formula is C35H34N2O7. The summed E-state index contributed by atoms with van der Waals surface area (Å²) in [5.74, 6) is -6.40. The van der Waals surface area contributed by atoms with Gasteiger partial charge in [-0.25, -0.2) is 0 Å². The van der Waals surface area contributed by atoms with Crippen LogP contribution in [0.3, 0.4) is 0 Å². The van der Waals surface area contributed by atoms with Gasteiger partial charge in [0.15, 0.2) is 11.4 Å². The smallest absolute Gasteiger partial charge is 0.255 e. The number of nitrogens with one attached hydrogen (secondary N) is 1. The van der Waals surface area contributed by atoms with Crippen molar-refractivity contribution in [3.05, 3.63) is 111 Å². The van der Waals surface area contributed by atoms with Gasteiger partial charge in [0.2, 0.25) is 5.78 Å². The molecule has 226 valence electrons. The molecule has 0 spiro atoms. The van der Waals surface area contributed by atoms with Gasteiger partial charge in [0.05, 0.1) is 5.56 Å². The molecule has 7 N–H and O–H groups in total. The third kappa shape index (κ3) is 4.69. The highest BCUT2D eigenvalue weighted by molar-refractivity contribution is 6.24. The highest BCUT2D eigenvalue weighted by atomic mass is 16.3. The molecule has 6 rings (SSSR count). The summed E-state index contributed by atoms with van der Waals surface area (Å²) in [7, 11) is 0. The van der Waals surface area contributed by atoms with Crippen LogP contribution in [0.5, 0.6) is 5.75 Å². The van der Waals surface area contributed by atoms with E-state index in [9.17, 15) is 34.8 Å². The summed E-state index contributed by atoms with van der Waals surface area (Å²) in [6.07, 6.45) is 0.969. The Hall–Kier alpha value is -4.73. The predicted molar refractivity (Wildman–Crippen MR) is 163 cm³/mol. The number of phenols is 1. The number of hydrogen-bond acceptors (Lipinski definition) is 8. The lowest BCUT2D eigenvalue weighted by Gasteiger charge is -2.45. The maximum absolute atomic E-state index is 13.9. The van der Waals surface area contributed by atoms with Crippen molar-refractivity contribution >= 4 is 17.5 Å². The molecule has 0 saturated carbocycles. The number of aryl methyl sites for hydroxylation is 1. The van der Waals surface area contributed by atoms with Gasteiger partial charge in [-0.05, 0) is 84.2 Å². The fourth-order valence-corrected chi connectivity index (χ4v) is 7.05. The number of nitrogens with two attached hydrogens (primary N) is 1. The maximum atomic E-state index is 13.9. The summed E-state index contributed by atoms with van der Waals surface area (Å²) in [6, 6.07) is 19.6. The lowest BCUT2D eigenvalue weighted by Crippen LogP contribution is -2.57. The van der Waals surface area contributed by atoms with Crippen LogP contribution in [-0.4, -0.2) is 50.0 Å². The lowest BCUT2D eigenvalue weighted by molar-refractivity contribution is -0.144. The molecule has 0 fully saturated rings. The number of ketones is 2. The van der Waals surface area contributed by atoms with Gasteiger partial charge in [-0.3, -0.25) is 14.4 Å². The van der Waals surface area contributed by atoms with E-state index >= 15 is 0 Å². The van der Waals surface area contributed by atoms with E-state index in [4.69, 9.17) is 5.73 Å². The van der Waals surface area contributed by atoms with Crippen molar-refractivity contribution in [3.63, 3.8) is 0 Å². The number of fused-ring (bicyclic) bond motifs is 3. The molecule has 3 aromatic rings. The van der Waals surface area contributed by atoms with E-state index in [0.717, 1.165) is 35.2 Å². The molecule has 0 bridgehead atoms. The molecule has 3 aliphatic rings. The summed E-state index contributed by atoms with van der Waals surface area (Å²) in [5, 5.41) is 47.5. The molecular weight excluding hydrogens is 560 g/mol. The fourth-order valence-electron chi connectivity index (χ4n) is 7.05. The van der Waals surface area contributed by atoms with Gasteiger partial charge in [0.1, 0.15) is 22.8 Å². The molecule has 9 nitrogen and oxygen atoms in total. The molecule has 3 atom stereocenters. The van der Waals surface area contributed by atoms with Crippen molar-refractivity contribution < 1.29 is 34.8 Å². The summed E-state index contributed by atoms with van der Waals surface area (Å²) in [6.45, 7) is 3.42. The zero-order valence-electron chi connectivity index (χ0n) is 24.3. The van der Waals surface area contributed by atoms with Crippen molar-refractivity contribution in [2.45, 2.75) is 44.8 Å². The first-order valence-electron chi connectivity index (χ1n) is 14.7. The molecule has 0 heterocycles. The number of aliphatic hydroxyl groups excluding tert-OH is 2. The van der Waals surface area contributed by atoms with Crippen LogP contribution in [0.15, 0.2) is 83.3 Å². The standard InChI is InChI=1S/C35H34N2O7/c1-18-7-8-20(17-37-12-11-19-5-3-2-4-6-19)13-24(18)23-9-10-26(38)29-25(23)15-21-14-22-16-27(39)30(34(36)43)33(42)35(22,44)32(41)28(21)31(29)40/h2-10,13,21-22,37-39,41,44H,11-12,14-17H2,1H3,(H2,36,43)/t21-,22+,35+/m1/s1. The van der Waals surface area contributed by atoms with E-state index < -0.39 is 52.0 Å². The van der Waals surface area contributed by atoms with Crippen molar-refractivity contribution in [1.29, 1.82) is 0 Å². The number of allylic oxidation sites excluding steroid dienone is 2. The van der Waals surface area contributed by atoms with Gasteiger partial charge >= 0.3 is 0 Å². The Morgan fingerprint density at radius 1 is 0.977 bits per heavy atom. The Balaban J connectivity index is 1.34. The molecule has 9 heteroatoms. The molecule has 3 aliphatic carbocycles. The Morgan fingerprint density at radius 3 is 2.45 bits per heavy atom. The molecule has 1 amide bonds. The lowest BCUT2D eigenvalue weighted by atomic mass is 9.60. The fraction of sp³-hybridized carbons (Fsp3) is 0.286. The zero-order chi connectivity index (χ0) is 31.3. The van der Waals surface area contributed by atoms with Crippen molar-refractivity contribution in [1.82, 2.24) is 5.32 Å². The molecule has 0 unspecified atom stereocenters. The first-order chi connectivity index (χ1) is 21.0. The number of aromatic hydroxyl groups is 1. The minimum absolute atomic E-state index is 0.00455.